The second-order valence-electron chi connectivity index (χ2n) is 2.13. The smallest absolute Gasteiger partial charge is 0.237 e. The fraction of sp³-hybridized carbons (Fsp3) is 0.167. The first-order valence-corrected chi connectivity index (χ1v) is 3.15. The minimum Gasteiger partial charge on any atom is -0.237 e. The molecule has 0 bridgehead atoms. The number of hydrogen-bond acceptors (Lipinski definition) is 3. The predicted octanol–water partition coefficient (Wildman–Crippen LogP) is -0.802. The number of alkyl halides is 3. The SMILES string of the molecule is O=NNc1ccc(C(F)(F)F)cn1.[Na+]. The number of aromatic nitrogens is 1. The van der Waals surface area contributed by atoms with Crippen molar-refractivity contribution in [2.24, 2.45) is 5.29 Å². The zero-order valence-corrected chi connectivity index (χ0v) is 9.17. The number of anilines is 1. The fourth-order valence-corrected chi connectivity index (χ4v) is 0.674. The van der Waals surface area contributed by atoms with Gasteiger partial charge in [-0.1, -0.05) is 0 Å². The van der Waals surface area contributed by atoms with Gasteiger partial charge in [0.15, 0.2) is 0 Å². The zero-order chi connectivity index (χ0) is 9.90. The van der Waals surface area contributed by atoms with Crippen molar-refractivity contribution in [2.45, 2.75) is 6.18 Å². The Balaban J connectivity index is 0.00000169. The predicted molar refractivity (Wildman–Crippen MR) is 38.7 cm³/mol. The summed E-state index contributed by atoms with van der Waals surface area (Å²) in [5.74, 6) is -0.0250. The van der Waals surface area contributed by atoms with Crippen molar-refractivity contribution in [2.75, 3.05) is 5.43 Å². The third kappa shape index (κ3) is 3.60. The largest absolute Gasteiger partial charge is 1.00 e. The summed E-state index contributed by atoms with van der Waals surface area (Å²) >= 11 is 0. The molecule has 0 aliphatic rings. The molecule has 0 aromatic carbocycles. The number of rotatable bonds is 2. The molecule has 0 aliphatic heterocycles. The summed E-state index contributed by atoms with van der Waals surface area (Å²) in [4.78, 5) is 12.9. The van der Waals surface area contributed by atoms with E-state index >= 15 is 0 Å². The van der Waals surface area contributed by atoms with Crippen molar-refractivity contribution in [1.82, 2.24) is 4.98 Å². The van der Waals surface area contributed by atoms with Crippen molar-refractivity contribution in [3.63, 3.8) is 0 Å². The molecule has 0 radical (unpaired) electrons. The van der Waals surface area contributed by atoms with E-state index in [0.717, 1.165) is 12.1 Å². The molecule has 0 spiro atoms. The van der Waals surface area contributed by atoms with Gasteiger partial charge in [0.05, 0.1) is 10.8 Å². The quantitative estimate of drug-likeness (QED) is 0.398. The Labute approximate surface area is 99.1 Å². The molecule has 14 heavy (non-hydrogen) atoms. The molecule has 8 heteroatoms. The van der Waals surface area contributed by atoms with Gasteiger partial charge in [-0.2, -0.15) is 13.2 Å². The molecular weight excluding hydrogens is 210 g/mol. The first-order chi connectivity index (χ1) is 6.04. The third-order valence-corrected chi connectivity index (χ3v) is 1.25. The monoisotopic (exact) mass is 214 g/mol. The van der Waals surface area contributed by atoms with Gasteiger partial charge in [-0.05, 0) is 12.1 Å². The van der Waals surface area contributed by atoms with Crippen LogP contribution in [-0.2, 0) is 6.18 Å². The molecule has 1 aromatic heterocycles. The number of pyridine rings is 1. The molecular formula is C6H4F3N3NaO+. The molecule has 0 aliphatic carbocycles. The van der Waals surface area contributed by atoms with E-state index in [1.165, 1.54) is 0 Å². The first-order valence-electron chi connectivity index (χ1n) is 3.15. The minimum atomic E-state index is -4.42. The summed E-state index contributed by atoms with van der Waals surface area (Å²) in [7, 11) is 0. The Morgan fingerprint density at radius 2 is 2.00 bits per heavy atom. The Morgan fingerprint density at radius 3 is 2.36 bits per heavy atom. The maximum Gasteiger partial charge on any atom is 1.00 e. The average molecular weight is 214 g/mol. The van der Waals surface area contributed by atoms with Crippen molar-refractivity contribution >= 4 is 5.82 Å². The zero-order valence-electron chi connectivity index (χ0n) is 7.17. The fourth-order valence-electron chi connectivity index (χ4n) is 0.674. The van der Waals surface area contributed by atoms with Gasteiger partial charge in [-0.3, -0.25) is 0 Å². The molecule has 70 valence electrons. The third-order valence-electron chi connectivity index (χ3n) is 1.25. The van der Waals surface area contributed by atoms with Gasteiger partial charge in [0, 0.05) is 6.20 Å². The molecule has 1 aromatic rings. The minimum absolute atomic E-state index is 0. The summed E-state index contributed by atoms with van der Waals surface area (Å²) in [5, 5.41) is 2.25. The molecule has 0 unspecified atom stereocenters. The van der Waals surface area contributed by atoms with E-state index in [1.807, 2.05) is 5.43 Å². The summed E-state index contributed by atoms with van der Waals surface area (Å²) in [5.41, 5.74) is 1.01. The molecule has 1 heterocycles. The Bertz CT molecular complexity index is 300. The van der Waals surface area contributed by atoms with Gasteiger partial charge in [-0.15, -0.1) is 4.91 Å². The van der Waals surface area contributed by atoms with Crippen LogP contribution < -0.4 is 35.0 Å². The van der Waals surface area contributed by atoms with Crippen molar-refractivity contribution in [1.29, 1.82) is 0 Å². The van der Waals surface area contributed by atoms with Gasteiger partial charge < -0.3 is 0 Å². The van der Waals surface area contributed by atoms with E-state index in [9.17, 15) is 18.1 Å². The van der Waals surface area contributed by atoms with Gasteiger partial charge in [0.1, 0.15) is 5.82 Å². The van der Waals surface area contributed by atoms with Gasteiger partial charge in [0.25, 0.3) is 0 Å². The van der Waals surface area contributed by atoms with Crippen molar-refractivity contribution < 1.29 is 42.7 Å². The van der Waals surface area contributed by atoms with Crippen LogP contribution in [0.3, 0.4) is 0 Å². The van der Waals surface area contributed by atoms with Crippen molar-refractivity contribution in [3.8, 4) is 0 Å². The van der Waals surface area contributed by atoms with Crippen LogP contribution in [0, 0.1) is 4.91 Å². The topological polar surface area (TPSA) is 54.4 Å². The average Bonchev–Trinajstić information content (AvgIpc) is 2.04. The molecule has 0 saturated carbocycles. The second-order valence-corrected chi connectivity index (χ2v) is 2.13. The van der Waals surface area contributed by atoms with Gasteiger partial charge >= 0.3 is 35.7 Å². The Hall–Kier alpha value is -0.660. The van der Waals surface area contributed by atoms with Gasteiger partial charge in [0.2, 0.25) is 0 Å². The van der Waals surface area contributed by atoms with Crippen LogP contribution in [0.2, 0.25) is 0 Å². The number of hydrogen-bond donors (Lipinski definition) is 1. The maximum atomic E-state index is 12.0. The van der Waals surface area contributed by atoms with Crippen LogP contribution >= 0.6 is 0 Å². The molecule has 0 atom stereocenters. The van der Waals surface area contributed by atoms with E-state index < -0.39 is 11.7 Å². The molecule has 4 nitrogen and oxygen atoms in total. The summed E-state index contributed by atoms with van der Waals surface area (Å²) in [6.07, 6.45) is -3.80. The van der Waals surface area contributed by atoms with Crippen molar-refractivity contribution in [3.05, 3.63) is 28.8 Å². The van der Waals surface area contributed by atoms with Crippen LogP contribution in [0.1, 0.15) is 5.56 Å². The summed E-state index contributed by atoms with van der Waals surface area (Å²) in [6.45, 7) is 0. The maximum absolute atomic E-state index is 12.0. The van der Waals surface area contributed by atoms with Crippen LogP contribution in [0.25, 0.3) is 0 Å². The normalized spacial score (nSPS) is 10.2. The van der Waals surface area contributed by atoms with E-state index in [0.29, 0.717) is 6.20 Å². The molecule has 0 fully saturated rings. The van der Waals surface area contributed by atoms with Gasteiger partial charge in [-0.25, -0.2) is 10.4 Å². The molecule has 0 saturated heterocycles. The number of nitrogens with zero attached hydrogens (tertiary/aromatic N) is 2. The molecule has 0 amide bonds. The number of halogens is 3. The second kappa shape index (κ2) is 5.28. The molecule has 1 N–H and O–H groups in total. The summed E-state index contributed by atoms with van der Waals surface area (Å²) < 4.78 is 35.9. The van der Waals surface area contributed by atoms with Crippen LogP contribution in [0.4, 0.5) is 19.0 Å². The van der Waals surface area contributed by atoms with E-state index in [4.69, 9.17) is 0 Å². The van der Waals surface area contributed by atoms with E-state index in [1.54, 1.807) is 0 Å². The van der Waals surface area contributed by atoms with Crippen LogP contribution in [0.15, 0.2) is 23.6 Å². The summed E-state index contributed by atoms with van der Waals surface area (Å²) in [6, 6.07) is 1.82. The van der Waals surface area contributed by atoms with Crippen LogP contribution in [-0.4, -0.2) is 4.98 Å². The number of nitroso groups, excluding NO2 is 1. The van der Waals surface area contributed by atoms with E-state index in [-0.39, 0.29) is 35.4 Å². The molecule has 1 rings (SSSR count). The van der Waals surface area contributed by atoms with E-state index in [2.05, 4.69) is 10.3 Å². The Morgan fingerprint density at radius 1 is 1.36 bits per heavy atom. The standard InChI is InChI=1S/C6H4F3N3O.Na/c7-6(8,9)4-1-2-5(10-3-4)11-12-13;/h1-3H,(H,10,11,13);/q;+1. The van der Waals surface area contributed by atoms with Crippen LogP contribution in [0.5, 0.6) is 0 Å². The first kappa shape index (κ1) is 13.3. The Kier molecular flexibility index (Phi) is 5.03. The number of nitrogens with one attached hydrogen (secondary N) is 1.